The zero-order valence-electron chi connectivity index (χ0n) is 16.2. The third-order valence-corrected chi connectivity index (χ3v) is 7.47. The van der Waals surface area contributed by atoms with Gasteiger partial charge in [-0.15, -0.1) is 35.3 Å². The molecule has 2 bridgehead atoms. The minimum absolute atomic E-state index is 0. The molecule has 1 aromatic heterocycles. The third kappa shape index (κ3) is 4.19. The van der Waals surface area contributed by atoms with Crippen molar-refractivity contribution in [3.63, 3.8) is 0 Å². The monoisotopic (exact) mass is 489 g/mol. The number of nitrogens with one attached hydrogen (secondary N) is 1. The molecule has 1 aliphatic heterocycles. The van der Waals surface area contributed by atoms with Crippen LogP contribution in [0.5, 0.6) is 0 Å². The summed E-state index contributed by atoms with van der Waals surface area (Å²) in [6.45, 7) is 9.56. The zero-order chi connectivity index (χ0) is 17.4. The van der Waals surface area contributed by atoms with E-state index in [0.717, 1.165) is 54.2 Å². The van der Waals surface area contributed by atoms with Crippen LogP contribution in [0.1, 0.15) is 41.3 Å². The number of thiazole rings is 1. The number of aryl methyl sites for hydroxylation is 2. The largest absolute Gasteiger partial charge is 0.351 e. The highest BCUT2D eigenvalue weighted by atomic mass is 127. The fraction of sp³-hybridized carbons (Fsp3) is 0.789. The highest BCUT2D eigenvalue weighted by Gasteiger charge is 2.42. The summed E-state index contributed by atoms with van der Waals surface area (Å²) in [6.07, 6.45) is 5.93. The van der Waals surface area contributed by atoms with Crippen molar-refractivity contribution in [3.05, 3.63) is 15.6 Å². The van der Waals surface area contributed by atoms with Crippen molar-refractivity contribution in [2.24, 2.45) is 16.8 Å². The van der Waals surface area contributed by atoms with E-state index in [0.29, 0.717) is 0 Å². The average Bonchev–Trinajstić information content (AvgIpc) is 3.32. The number of halogens is 1. The molecule has 2 aliphatic carbocycles. The molecule has 3 aliphatic rings. The summed E-state index contributed by atoms with van der Waals surface area (Å²) >= 11 is 1.78. The number of aliphatic imine (C=N–C) groups is 1. The van der Waals surface area contributed by atoms with E-state index in [-0.39, 0.29) is 24.0 Å². The van der Waals surface area contributed by atoms with Crippen molar-refractivity contribution in [2.75, 3.05) is 33.2 Å². The first-order chi connectivity index (χ1) is 12.1. The molecular weight excluding hydrogens is 457 g/mol. The molecule has 0 spiro atoms. The molecule has 1 N–H and O–H groups in total. The molecule has 2 heterocycles. The Morgan fingerprint density at radius 2 is 1.96 bits per heavy atom. The molecule has 0 radical (unpaired) electrons. The first kappa shape index (κ1) is 20.3. The van der Waals surface area contributed by atoms with Gasteiger partial charge in [-0.3, -0.25) is 9.89 Å². The van der Waals surface area contributed by atoms with Gasteiger partial charge in [-0.2, -0.15) is 0 Å². The Morgan fingerprint density at radius 1 is 1.19 bits per heavy atom. The molecule has 3 fully saturated rings. The van der Waals surface area contributed by atoms with Gasteiger partial charge in [0.15, 0.2) is 5.96 Å². The Hall–Kier alpha value is -0.410. The Balaban J connectivity index is 0.00000196. The van der Waals surface area contributed by atoms with E-state index in [2.05, 4.69) is 38.9 Å². The predicted octanol–water partition coefficient (Wildman–Crippen LogP) is 3.26. The van der Waals surface area contributed by atoms with Crippen molar-refractivity contribution in [2.45, 2.75) is 52.1 Å². The Labute approximate surface area is 178 Å². The number of piperazine rings is 1. The van der Waals surface area contributed by atoms with Gasteiger partial charge in [0.05, 0.1) is 17.2 Å². The van der Waals surface area contributed by atoms with Crippen LogP contribution < -0.4 is 5.32 Å². The van der Waals surface area contributed by atoms with E-state index in [4.69, 9.17) is 0 Å². The van der Waals surface area contributed by atoms with Crippen LogP contribution in [0.4, 0.5) is 0 Å². The lowest BCUT2D eigenvalue weighted by Crippen LogP contribution is -2.55. The molecule has 4 rings (SSSR count). The Kier molecular flexibility index (Phi) is 6.83. The summed E-state index contributed by atoms with van der Waals surface area (Å²) in [4.78, 5) is 15.6. The van der Waals surface area contributed by atoms with Crippen LogP contribution in [0.3, 0.4) is 0 Å². The summed E-state index contributed by atoms with van der Waals surface area (Å²) in [5, 5.41) is 4.69. The van der Waals surface area contributed by atoms with Crippen LogP contribution in [-0.2, 0) is 6.54 Å². The van der Waals surface area contributed by atoms with Crippen LogP contribution >= 0.6 is 35.3 Å². The molecule has 0 aromatic carbocycles. The van der Waals surface area contributed by atoms with Crippen molar-refractivity contribution < 1.29 is 0 Å². The molecule has 0 amide bonds. The number of fused-ring (bicyclic) bond motifs is 2. The number of guanidine groups is 1. The van der Waals surface area contributed by atoms with E-state index in [9.17, 15) is 0 Å². The minimum Gasteiger partial charge on any atom is -0.351 e. The van der Waals surface area contributed by atoms with Gasteiger partial charge in [0.1, 0.15) is 0 Å². The zero-order valence-corrected chi connectivity index (χ0v) is 19.3. The summed E-state index contributed by atoms with van der Waals surface area (Å²) < 4.78 is 0. The number of nitrogens with zero attached hydrogens (tertiary/aromatic N) is 4. The van der Waals surface area contributed by atoms with Gasteiger partial charge >= 0.3 is 0 Å². The van der Waals surface area contributed by atoms with E-state index >= 15 is 0 Å². The van der Waals surface area contributed by atoms with E-state index in [1.807, 2.05) is 7.05 Å². The summed E-state index contributed by atoms with van der Waals surface area (Å²) in [5.41, 5.74) is 1.14. The normalized spacial score (nSPS) is 29.1. The van der Waals surface area contributed by atoms with Gasteiger partial charge in [-0.25, -0.2) is 4.98 Å². The molecule has 2 saturated carbocycles. The molecule has 3 atom stereocenters. The number of rotatable bonds is 3. The van der Waals surface area contributed by atoms with Crippen LogP contribution in [0.25, 0.3) is 0 Å². The van der Waals surface area contributed by atoms with Gasteiger partial charge in [0.2, 0.25) is 0 Å². The van der Waals surface area contributed by atoms with Gasteiger partial charge in [0.25, 0.3) is 0 Å². The average molecular weight is 489 g/mol. The SMILES string of the molecule is CN=C(NCc1sc(C)nc1C)N1CCN(C2CC3CCC2C3)CC1.I. The van der Waals surface area contributed by atoms with E-state index < -0.39 is 0 Å². The fourth-order valence-corrected chi connectivity index (χ4v) is 6.03. The highest BCUT2D eigenvalue weighted by Crippen LogP contribution is 2.46. The van der Waals surface area contributed by atoms with Crippen molar-refractivity contribution in [3.8, 4) is 0 Å². The summed E-state index contributed by atoms with van der Waals surface area (Å²) in [5.74, 6) is 3.07. The van der Waals surface area contributed by atoms with Crippen LogP contribution in [0.15, 0.2) is 4.99 Å². The molecule has 1 aromatic rings. The van der Waals surface area contributed by atoms with Gasteiger partial charge in [0, 0.05) is 44.1 Å². The second-order valence-electron chi connectivity index (χ2n) is 7.91. The maximum absolute atomic E-state index is 4.52. The smallest absolute Gasteiger partial charge is 0.194 e. The molecule has 1 saturated heterocycles. The Bertz CT molecular complexity index is 638. The molecule has 5 nitrogen and oxygen atoms in total. The number of hydrogen-bond donors (Lipinski definition) is 1. The predicted molar refractivity (Wildman–Crippen MR) is 120 cm³/mol. The summed E-state index contributed by atoms with van der Waals surface area (Å²) in [7, 11) is 1.90. The Morgan fingerprint density at radius 3 is 2.50 bits per heavy atom. The van der Waals surface area contributed by atoms with Gasteiger partial charge < -0.3 is 10.2 Å². The third-order valence-electron chi connectivity index (χ3n) is 6.40. The first-order valence-corrected chi connectivity index (χ1v) is 10.6. The van der Waals surface area contributed by atoms with E-state index in [1.165, 1.54) is 43.6 Å². The molecule has 7 heteroatoms. The van der Waals surface area contributed by atoms with Crippen LogP contribution in [0, 0.1) is 25.7 Å². The topological polar surface area (TPSA) is 43.8 Å². The first-order valence-electron chi connectivity index (χ1n) is 9.76. The molecule has 3 unspecified atom stereocenters. The minimum atomic E-state index is 0. The maximum Gasteiger partial charge on any atom is 0.194 e. The van der Waals surface area contributed by atoms with Crippen LogP contribution in [-0.4, -0.2) is 60.0 Å². The standard InChI is InChI=1S/C19H31N5S.HI/c1-13-18(25-14(2)22-13)12-21-19(20-3)24-8-6-23(7-9-24)17-11-15-4-5-16(17)10-15;/h15-17H,4-12H2,1-3H3,(H,20,21);1H. The summed E-state index contributed by atoms with van der Waals surface area (Å²) in [6, 6.07) is 0.874. The number of aromatic nitrogens is 1. The lowest BCUT2D eigenvalue weighted by molar-refractivity contribution is 0.0958. The second-order valence-corrected chi connectivity index (χ2v) is 9.20. The second kappa shape index (κ2) is 8.73. The van der Waals surface area contributed by atoms with Gasteiger partial charge in [-0.05, 0) is 44.9 Å². The lowest BCUT2D eigenvalue weighted by Gasteiger charge is -2.41. The van der Waals surface area contributed by atoms with Crippen molar-refractivity contribution in [1.29, 1.82) is 0 Å². The van der Waals surface area contributed by atoms with Crippen molar-refractivity contribution in [1.82, 2.24) is 20.1 Å². The highest BCUT2D eigenvalue weighted by molar-refractivity contribution is 14.0. The molecule has 26 heavy (non-hydrogen) atoms. The number of hydrogen-bond acceptors (Lipinski definition) is 4. The van der Waals surface area contributed by atoms with Gasteiger partial charge in [-0.1, -0.05) is 6.42 Å². The quantitative estimate of drug-likeness (QED) is 0.402. The lowest BCUT2D eigenvalue weighted by atomic mass is 9.93. The molecular formula is C19H32IN5S. The fourth-order valence-electron chi connectivity index (χ4n) is 5.15. The van der Waals surface area contributed by atoms with Crippen molar-refractivity contribution >= 4 is 41.3 Å². The van der Waals surface area contributed by atoms with E-state index in [1.54, 1.807) is 11.3 Å². The maximum atomic E-state index is 4.52. The van der Waals surface area contributed by atoms with Crippen LogP contribution in [0.2, 0.25) is 0 Å². The molecule has 146 valence electrons.